The molecule has 0 N–H and O–H groups in total. The van der Waals surface area contributed by atoms with Crippen molar-refractivity contribution in [1.29, 1.82) is 0 Å². The fourth-order valence-electron chi connectivity index (χ4n) is 1.26. The van der Waals surface area contributed by atoms with Gasteiger partial charge >= 0.3 is 0 Å². The van der Waals surface area contributed by atoms with Gasteiger partial charge in [0.05, 0.1) is 18.9 Å². The second-order valence-electron chi connectivity index (χ2n) is 3.13. The maximum Gasteiger partial charge on any atom is 0.155 e. The number of aldehydes is 1. The lowest BCUT2D eigenvalue weighted by molar-refractivity contribution is 0.112. The number of imidazole rings is 1. The molecule has 92 valence electrons. The van der Waals surface area contributed by atoms with E-state index in [-0.39, 0.29) is 0 Å². The lowest BCUT2D eigenvalue weighted by Crippen LogP contribution is -1.95. The van der Waals surface area contributed by atoms with Gasteiger partial charge in [-0.15, -0.1) is 0 Å². The maximum atomic E-state index is 10.7. The molecular formula is C11H13BrN2O3. The summed E-state index contributed by atoms with van der Waals surface area (Å²) in [6.45, 7) is 0. The predicted octanol–water partition coefficient (Wildman–Crippen LogP) is 2.18. The summed E-state index contributed by atoms with van der Waals surface area (Å²) >= 11 is 3.32. The number of hydrogen-bond donors (Lipinski definition) is 0. The molecule has 0 aliphatic heterocycles. The van der Waals surface area contributed by atoms with Gasteiger partial charge in [-0.3, -0.25) is 9.20 Å². The molecule has 0 spiro atoms. The first-order chi connectivity index (χ1) is 8.17. The van der Waals surface area contributed by atoms with E-state index in [0.717, 1.165) is 16.5 Å². The average molecular weight is 301 g/mol. The van der Waals surface area contributed by atoms with Crippen molar-refractivity contribution in [3.8, 4) is 5.75 Å². The minimum absolute atomic E-state index is 0.499. The van der Waals surface area contributed by atoms with E-state index < -0.39 is 0 Å². The van der Waals surface area contributed by atoms with Crippen LogP contribution in [0.1, 0.15) is 10.4 Å². The summed E-state index contributed by atoms with van der Waals surface area (Å²) in [7, 11) is 4.77. The number of pyridine rings is 1. The van der Waals surface area contributed by atoms with Crippen molar-refractivity contribution in [2.45, 2.75) is 0 Å². The molecule has 5 nitrogen and oxygen atoms in total. The quantitative estimate of drug-likeness (QED) is 0.798. The van der Waals surface area contributed by atoms with Crippen LogP contribution in [0.5, 0.6) is 5.75 Å². The molecule has 0 radical (unpaired) electrons. The first-order valence-electron chi connectivity index (χ1n) is 4.73. The lowest BCUT2D eigenvalue weighted by atomic mass is 10.3. The Morgan fingerprint density at radius 1 is 1.41 bits per heavy atom. The van der Waals surface area contributed by atoms with Gasteiger partial charge in [0, 0.05) is 26.5 Å². The minimum atomic E-state index is 0.499. The summed E-state index contributed by atoms with van der Waals surface area (Å²) < 4.78 is 11.9. The third kappa shape index (κ3) is 3.04. The van der Waals surface area contributed by atoms with Gasteiger partial charge in [-0.25, -0.2) is 4.98 Å². The van der Waals surface area contributed by atoms with Crippen molar-refractivity contribution in [2.75, 3.05) is 21.3 Å². The van der Waals surface area contributed by atoms with E-state index in [9.17, 15) is 4.79 Å². The van der Waals surface area contributed by atoms with Gasteiger partial charge in [0.2, 0.25) is 0 Å². The van der Waals surface area contributed by atoms with E-state index in [4.69, 9.17) is 4.74 Å². The van der Waals surface area contributed by atoms with E-state index >= 15 is 0 Å². The smallest absolute Gasteiger partial charge is 0.155 e. The number of halogens is 1. The van der Waals surface area contributed by atoms with E-state index in [2.05, 4.69) is 25.7 Å². The highest BCUT2D eigenvalue weighted by atomic mass is 79.9. The average Bonchev–Trinajstić information content (AvgIpc) is 2.70. The molecule has 17 heavy (non-hydrogen) atoms. The second kappa shape index (κ2) is 6.36. The Balaban J connectivity index is 0.000000437. The molecule has 2 heterocycles. The number of carbonyl (C=O) groups is 1. The van der Waals surface area contributed by atoms with E-state index in [1.165, 1.54) is 7.11 Å². The number of carbonyl (C=O) groups excluding carboxylic acids is 1. The van der Waals surface area contributed by atoms with Gasteiger partial charge in [-0.1, -0.05) is 0 Å². The van der Waals surface area contributed by atoms with Crippen LogP contribution in [0.15, 0.2) is 23.1 Å². The second-order valence-corrected chi connectivity index (χ2v) is 3.94. The zero-order valence-corrected chi connectivity index (χ0v) is 11.4. The highest BCUT2D eigenvalue weighted by Crippen LogP contribution is 2.21. The molecular weight excluding hydrogens is 288 g/mol. The summed E-state index contributed by atoms with van der Waals surface area (Å²) in [5.74, 6) is 0.533. The van der Waals surface area contributed by atoms with E-state index in [1.54, 1.807) is 37.1 Å². The Morgan fingerprint density at radius 2 is 2.06 bits per heavy atom. The Hall–Kier alpha value is -1.40. The third-order valence-electron chi connectivity index (χ3n) is 1.94. The van der Waals surface area contributed by atoms with Crippen LogP contribution in [0.4, 0.5) is 0 Å². The van der Waals surface area contributed by atoms with Crippen molar-refractivity contribution < 1.29 is 14.3 Å². The third-order valence-corrected chi connectivity index (χ3v) is 2.53. The van der Waals surface area contributed by atoms with Crippen molar-refractivity contribution in [3.63, 3.8) is 0 Å². The Morgan fingerprint density at radius 3 is 2.59 bits per heavy atom. The topological polar surface area (TPSA) is 52.8 Å². The molecule has 0 atom stereocenters. The number of methoxy groups -OCH3 is 2. The van der Waals surface area contributed by atoms with Gasteiger partial charge < -0.3 is 9.47 Å². The fourth-order valence-corrected chi connectivity index (χ4v) is 1.64. The molecule has 0 amide bonds. The highest BCUT2D eigenvalue weighted by molar-refractivity contribution is 9.10. The van der Waals surface area contributed by atoms with E-state index in [1.807, 2.05) is 0 Å². The molecule has 2 aromatic rings. The molecule has 2 rings (SSSR count). The Kier molecular flexibility index (Phi) is 5.11. The number of hydrogen-bond acceptors (Lipinski definition) is 4. The molecule has 2 aromatic heterocycles. The van der Waals surface area contributed by atoms with Gasteiger partial charge in [-0.05, 0) is 15.9 Å². The van der Waals surface area contributed by atoms with Crippen LogP contribution in [0, 0.1) is 0 Å². The maximum absolute atomic E-state index is 10.7. The predicted molar refractivity (Wildman–Crippen MR) is 67.8 cm³/mol. The number of fused-ring (bicyclic) bond motifs is 1. The molecule has 0 saturated carbocycles. The Labute approximate surface area is 107 Å². The van der Waals surface area contributed by atoms with Crippen LogP contribution in [0.2, 0.25) is 0 Å². The van der Waals surface area contributed by atoms with Crippen LogP contribution < -0.4 is 4.74 Å². The number of aromatic nitrogens is 2. The van der Waals surface area contributed by atoms with Crippen molar-refractivity contribution in [3.05, 3.63) is 28.6 Å². The zero-order chi connectivity index (χ0) is 12.8. The number of nitrogens with zero attached hydrogens (tertiary/aromatic N) is 2. The summed E-state index contributed by atoms with van der Waals surface area (Å²) in [6, 6.07) is 1.72. The van der Waals surface area contributed by atoms with Crippen LogP contribution >= 0.6 is 15.9 Å². The van der Waals surface area contributed by atoms with Crippen molar-refractivity contribution >= 4 is 27.9 Å². The van der Waals surface area contributed by atoms with Crippen molar-refractivity contribution in [2.24, 2.45) is 0 Å². The zero-order valence-electron chi connectivity index (χ0n) is 9.81. The lowest BCUT2D eigenvalue weighted by Gasteiger charge is -2.04. The number of rotatable bonds is 2. The molecule has 0 saturated heterocycles. The molecule has 0 fully saturated rings. The summed E-state index contributed by atoms with van der Waals surface area (Å²) in [6.07, 6.45) is 4.10. The molecule has 0 aromatic carbocycles. The van der Waals surface area contributed by atoms with Crippen molar-refractivity contribution in [1.82, 2.24) is 9.38 Å². The first kappa shape index (κ1) is 13.7. The van der Waals surface area contributed by atoms with Crippen LogP contribution in [0.3, 0.4) is 0 Å². The Bertz CT molecular complexity index is 511. The number of ether oxygens (including phenoxy) is 2. The SMILES string of the molecule is COC.COc1cc2ncc(Br)n2cc1C=O. The van der Waals surface area contributed by atoms with Gasteiger partial charge in [-0.2, -0.15) is 0 Å². The highest BCUT2D eigenvalue weighted by Gasteiger charge is 2.07. The van der Waals surface area contributed by atoms with Crippen LogP contribution in [0.25, 0.3) is 5.65 Å². The van der Waals surface area contributed by atoms with Gasteiger partial charge in [0.1, 0.15) is 16.0 Å². The molecule has 6 heteroatoms. The summed E-state index contributed by atoms with van der Waals surface area (Å²) in [5.41, 5.74) is 1.23. The van der Waals surface area contributed by atoms with Gasteiger partial charge in [0.15, 0.2) is 6.29 Å². The molecule has 0 unspecified atom stereocenters. The van der Waals surface area contributed by atoms with E-state index in [0.29, 0.717) is 11.3 Å². The largest absolute Gasteiger partial charge is 0.496 e. The minimum Gasteiger partial charge on any atom is -0.496 e. The first-order valence-corrected chi connectivity index (χ1v) is 5.53. The molecule has 0 aliphatic rings. The summed E-state index contributed by atoms with van der Waals surface area (Å²) in [5, 5.41) is 0. The standard InChI is InChI=1S/C9H7BrN2O2.C2H6O/c1-14-7-2-9-11-3-8(10)12(9)4-6(7)5-13;1-3-2/h2-5H,1H3;1-2H3. The normalized spacial score (nSPS) is 9.65. The van der Waals surface area contributed by atoms with Crippen LogP contribution in [-0.2, 0) is 4.74 Å². The molecule has 0 aliphatic carbocycles. The summed E-state index contributed by atoms with van der Waals surface area (Å²) in [4.78, 5) is 14.9. The monoisotopic (exact) mass is 300 g/mol. The molecule has 0 bridgehead atoms. The van der Waals surface area contributed by atoms with Gasteiger partial charge in [0.25, 0.3) is 0 Å². The fraction of sp³-hybridized carbons (Fsp3) is 0.273. The van der Waals surface area contributed by atoms with Crippen LogP contribution in [-0.4, -0.2) is 37.0 Å².